The van der Waals surface area contributed by atoms with Gasteiger partial charge < -0.3 is 20.1 Å². The summed E-state index contributed by atoms with van der Waals surface area (Å²) in [5, 5.41) is 13.4. The molecule has 0 fully saturated rings. The maximum atomic E-state index is 12.3. The lowest BCUT2D eigenvalue weighted by Crippen LogP contribution is -2.21. The van der Waals surface area contributed by atoms with Crippen molar-refractivity contribution in [3.63, 3.8) is 0 Å². The molecule has 3 rings (SSSR count). The number of fused-ring (bicyclic) bond motifs is 1. The number of nitrogens with zero attached hydrogens (tertiary/aromatic N) is 1. The molecule has 2 aromatic rings. The quantitative estimate of drug-likeness (QED) is 0.807. The molecule has 2 N–H and O–H groups in total. The average Bonchev–Trinajstić information content (AvgIpc) is 2.95. The first kappa shape index (κ1) is 17.6. The van der Waals surface area contributed by atoms with Crippen LogP contribution in [0.4, 0.5) is 14.5 Å². The minimum atomic E-state index is -2.87. The fourth-order valence-electron chi connectivity index (χ4n) is 3.10. The van der Waals surface area contributed by atoms with Crippen molar-refractivity contribution in [2.45, 2.75) is 25.7 Å². The molecule has 0 saturated heterocycles. The summed E-state index contributed by atoms with van der Waals surface area (Å²) in [7, 11) is 2.09. The molecule has 25 heavy (non-hydrogen) atoms. The van der Waals surface area contributed by atoms with Gasteiger partial charge >= 0.3 is 6.61 Å². The van der Waals surface area contributed by atoms with Crippen molar-refractivity contribution in [2.75, 3.05) is 25.0 Å². The minimum absolute atomic E-state index is 0.0503. The summed E-state index contributed by atoms with van der Waals surface area (Å²) in [5.41, 5.74) is 4.33. The third-order valence-electron chi connectivity index (χ3n) is 4.41. The molecule has 2 aromatic carbocycles. The summed E-state index contributed by atoms with van der Waals surface area (Å²) in [4.78, 5) is 2.24. The van der Waals surface area contributed by atoms with Crippen LogP contribution in [0.5, 0.6) is 5.75 Å². The van der Waals surface area contributed by atoms with Crippen molar-refractivity contribution in [3.05, 3.63) is 59.2 Å². The van der Waals surface area contributed by atoms with Crippen LogP contribution in [0.2, 0.25) is 0 Å². The molecule has 134 valence electrons. The lowest BCUT2D eigenvalue weighted by molar-refractivity contribution is -0.0499. The van der Waals surface area contributed by atoms with E-state index in [1.54, 1.807) is 12.1 Å². The van der Waals surface area contributed by atoms with Gasteiger partial charge in [-0.1, -0.05) is 24.3 Å². The highest BCUT2D eigenvalue weighted by Gasteiger charge is 2.15. The largest absolute Gasteiger partial charge is 0.435 e. The topological polar surface area (TPSA) is 44.7 Å². The summed E-state index contributed by atoms with van der Waals surface area (Å²) in [5.74, 6) is 0.0503. The molecule has 0 saturated carbocycles. The maximum Gasteiger partial charge on any atom is 0.387 e. The van der Waals surface area contributed by atoms with Crippen LogP contribution in [0, 0.1) is 0 Å². The van der Waals surface area contributed by atoms with Crippen LogP contribution in [0.1, 0.15) is 22.8 Å². The zero-order valence-electron chi connectivity index (χ0n) is 14.1. The SMILES string of the molecule is CN1CCc2cc(CNCC(O)c3cccc(OC(F)F)c3)ccc21. The first-order valence-electron chi connectivity index (χ1n) is 8.29. The second kappa shape index (κ2) is 7.80. The third-order valence-corrected chi connectivity index (χ3v) is 4.41. The van der Waals surface area contributed by atoms with Crippen LogP contribution in [0.3, 0.4) is 0 Å². The monoisotopic (exact) mass is 348 g/mol. The van der Waals surface area contributed by atoms with Crippen molar-refractivity contribution < 1.29 is 18.6 Å². The number of alkyl halides is 2. The van der Waals surface area contributed by atoms with Crippen molar-refractivity contribution in [3.8, 4) is 5.75 Å². The fraction of sp³-hybridized carbons (Fsp3) is 0.368. The zero-order valence-corrected chi connectivity index (χ0v) is 14.1. The molecule has 1 aliphatic rings. The fourth-order valence-corrected chi connectivity index (χ4v) is 3.10. The van der Waals surface area contributed by atoms with Gasteiger partial charge in [-0.05, 0) is 41.3 Å². The Hall–Kier alpha value is -2.18. The lowest BCUT2D eigenvalue weighted by atomic mass is 10.1. The van der Waals surface area contributed by atoms with Gasteiger partial charge in [0.2, 0.25) is 0 Å². The van der Waals surface area contributed by atoms with Crippen LogP contribution in [-0.2, 0) is 13.0 Å². The Labute approximate surface area is 146 Å². The van der Waals surface area contributed by atoms with E-state index >= 15 is 0 Å². The molecule has 1 unspecified atom stereocenters. The van der Waals surface area contributed by atoms with Crippen LogP contribution in [-0.4, -0.2) is 31.9 Å². The number of ether oxygens (including phenoxy) is 1. The molecular formula is C19H22F2N2O2. The number of nitrogens with one attached hydrogen (secondary N) is 1. The number of rotatable bonds is 7. The summed E-state index contributed by atoms with van der Waals surface area (Å²) in [6.45, 7) is -0.859. The molecule has 1 atom stereocenters. The molecule has 0 aliphatic carbocycles. The van der Waals surface area contributed by atoms with E-state index in [0.29, 0.717) is 18.7 Å². The molecule has 4 nitrogen and oxygen atoms in total. The Kier molecular flexibility index (Phi) is 5.50. The molecule has 1 heterocycles. The predicted molar refractivity (Wildman–Crippen MR) is 93.2 cm³/mol. The highest BCUT2D eigenvalue weighted by atomic mass is 19.3. The number of aliphatic hydroxyl groups excluding tert-OH is 1. The van der Waals surface area contributed by atoms with E-state index in [9.17, 15) is 13.9 Å². The van der Waals surface area contributed by atoms with Gasteiger partial charge in [-0.2, -0.15) is 8.78 Å². The minimum Gasteiger partial charge on any atom is -0.435 e. The highest BCUT2D eigenvalue weighted by molar-refractivity contribution is 5.58. The van der Waals surface area contributed by atoms with E-state index in [1.165, 1.54) is 23.4 Å². The van der Waals surface area contributed by atoms with Crippen molar-refractivity contribution in [1.82, 2.24) is 5.32 Å². The van der Waals surface area contributed by atoms with Crippen LogP contribution in [0.25, 0.3) is 0 Å². The number of likely N-dealkylation sites (N-methyl/N-ethyl adjacent to an activating group) is 1. The number of benzene rings is 2. The molecule has 0 spiro atoms. The summed E-state index contributed by atoms with van der Waals surface area (Å²) >= 11 is 0. The van der Waals surface area contributed by atoms with Gasteiger partial charge in [-0.25, -0.2) is 0 Å². The van der Waals surface area contributed by atoms with Gasteiger partial charge in [-0.15, -0.1) is 0 Å². The summed E-state index contributed by atoms with van der Waals surface area (Å²) < 4.78 is 28.9. The van der Waals surface area contributed by atoms with E-state index in [-0.39, 0.29) is 5.75 Å². The van der Waals surface area contributed by atoms with Crippen LogP contribution >= 0.6 is 0 Å². The highest BCUT2D eigenvalue weighted by Crippen LogP contribution is 2.27. The molecule has 1 aliphatic heterocycles. The van der Waals surface area contributed by atoms with E-state index in [1.807, 2.05) is 0 Å². The van der Waals surface area contributed by atoms with E-state index in [0.717, 1.165) is 18.5 Å². The van der Waals surface area contributed by atoms with Gasteiger partial charge in [0.15, 0.2) is 0 Å². The molecule has 0 radical (unpaired) electrons. The predicted octanol–water partition coefficient (Wildman–Crippen LogP) is 3.10. The first-order chi connectivity index (χ1) is 12.0. The molecule has 0 aromatic heterocycles. The maximum absolute atomic E-state index is 12.3. The second-order valence-corrected chi connectivity index (χ2v) is 6.23. The Morgan fingerprint density at radius 2 is 2.08 bits per heavy atom. The van der Waals surface area contributed by atoms with Gasteiger partial charge in [0.25, 0.3) is 0 Å². The average molecular weight is 348 g/mol. The lowest BCUT2D eigenvalue weighted by Gasteiger charge is -2.15. The number of aliphatic hydroxyl groups is 1. The van der Waals surface area contributed by atoms with Crippen LogP contribution in [0.15, 0.2) is 42.5 Å². The Bertz CT molecular complexity index is 724. The van der Waals surface area contributed by atoms with Gasteiger partial charge in [0.1, 0.15) is 5.75 Å². The standard InChI is InChI=1S/C19H22F2N2O2/c1-23-8-7-14-9-13(5-6-17(14)23)11-22-12-18(24)15-3-2-4-16(10-15)25-19(20)21/h2-6,9-10,18-19,22,24H,7-8,11-12H2,1H3. The molecule has 0 amide bonds. The van der Waals surface area contributed by atoms with Crippen molar-refractivity contribution in [1.29, 1.82) is 0 Å². The molecule has 6 heteroatoms. The number of hydrogen-bond acceptors (Lipinski definition) is 4. The Morgan fingerprint density at radius 3 is 2.88 bits per heavy atom. The van der Waals surface area contributed by atoms with E-state index in [4.69, 9.17) is 0 Å². The zero-order chi connectivity index (χ0) is 17.8. The number of halogens is 2. The Morgan fingerprint density at radius 1 is 1.24 bits per heavy atom. The van der Waals surface area contributed by atoms with E-state index in [2.05, 4.69) is 40.2 Å². The smallest absolute Gasteiger partial charge is 0.387 e. The normalized spacial score (nSPS) is 14.7. The van der Waals surface area contributed by atoms with E-state index < -0.39 is 12.7 Å². The number of hydrogen-bond donors (Lipinski definition) is 2. The Balaban J connectivity index is 1.53. The second-order valence-electron chi connectivity index (χ2n) is 6.23. The summed E-state index contributed by atoms with van der Waals surface area (Å²) in [6.07, 6.45) is 0.265. The van der Waals surface area contributed by atoms with Crippen LogP contribution < -0.4 is 15.0 Å². The van der Waals surface area contributed by atoms with Crippen molar-refractivity contribution >= 4 is 5.69 Å². The van der Waals surface area contributed by atoms with Gasteiger partial charge in [0.05, 0.1) is 6.10 Å². The number of anilines is 1. The van der Waals surface area contributed by atoms with Gasteiger partial charge in [0, 0.05) is 32.4 Å². The molecular weight excluding hydrogens is 326 g/mol. The van der Waals surface area contributed by atoms with Crippen molar-refractivity contribution in [2.24, 2.45) is 0 Å². The van der Waals surface area contributed by atoms with Gasteiger partial charge in [-0.3, -0.25) is 0 Å². The first-order valence-corrected chi connectivity index (χ1v) is 8.29. The molecule has 0 bridgehead atoms. The summed E-state index contributed by atoms with van der Waals surface area (Å²) in [6, 6.07) is 12.6. The third kappa shape index (κ3) is 4.46.